The molecule has 0 fully saturated rings. The van der Waals surface area contributed by atoms with Gasteiger partial charge in [-0.1, -0.05) is 0 Å². The van der Waals surface area contributed by atoms with Crippen LogP contribution in [0.1, 0.15) is 5.56 Å². The molecule has 0 aliphatic heterocycles. The molecule has 0 amide bonds. The van der Waals surface area contributed by atoms with Crippen molar-refractivity contribution < 1.29 is 22.0 Å². The van der Waals surface area contributed by atoms with Crippen molar-refractivity contribution in [1.82, 2.24) is 0 Å². The van der Waals surface area contributed by atoms with Gasteiger partial charge in [-0.25, -0.2) is 22.0 Å². The summed E-state index contributed by atoms with van der Waals surface area (Å²) in [5.74, 6) is -9.64. The molecule has 0 saturated carbocycles. The van der Waals surface area contributed by atoms with Crippen molar-refractivity contribution in [2.45, 2.75) is 6.42 Å². The van der Waals surface area contributed by atoms with Gasteiger partial charge < -0.3 is 0 Å². The third kappa shape index (κ3) is 1.38. The molecule has 0 aliphatic rings. The number of hydrogen-bond donors (Lipinski definition) is 0. The van der Waals surface area contributed by atoms with E-state index < -0.39 is 41.1 Å². The normalized spacial score (nSPS) is 10.6. The van der Waals surface area contributed by atoms with Gasteiger partial charge in [0.25, 0.3) is 0 Å². The van der Waals surface area contributed by atoms with E-state index in [1.54, 1.807) is 0 Å². The number of hydrogen-bond acceptors (Lipinski definition) is 0. The van der Waals surface area contributed by atoms with Crippen LogP contribution in [0, 0.1) is 36.0 Å². The van der Waals surface area contributed by atoms with Gasteiger partial charge in [-0.05, 0) is 13.3 Å². The maximum absolute atomic E-state index is 12.6. The fourth-order valence-electron chi connectivity index (χ4n) is 0.870. The van der Waals surface area contributed by atoms with Gasteiger partial charge in [0.15, 0.2) is 23.3 Å². The lowest BCUT2D eigenvalue weighted by Crippen LogP contribution is -2.06. The zero-order valence-electron chi connectivity index (χ0n) is 6.30. The molecular weight excluding hydrogens is 191 g/mol. The van der Waals surface area contributed by atoms with E-state index in [0.29, 0.717) is 0 Å². The minimum atomic E-state index is -2.15. The Bertz CT molecular complexity index is 316. The standard InChI is InChI=1S/C8H4F5/c1-2-3-4(9)6(11)8(13)7(12)5(3)10/h1-2H2. The molecule has 0 spiro atoms. The van der Waals surface area contributed by atoms with Crippen molar-refractivity contribution in [3.05, 3.63) is 41.6 Å². The van der Waals surface area contributed by atoms with E-state index in [-0.39, 0.29) is 0 Å². The minimum Gasteiger partial charge on any atom is -0.203 e. The average Bonchev–Trinajstić information content (AvgIpc) is 2.13. The van der Waals surface area contributed by atoms with Gasteiger partial charge >= 0.3 is 0 Å². The number of benzene rings is 1. The van der Waals surface area contributed by atoms with Gasteiger partial charge in [-0.3, -0.25) is 0 Å². The zero-order valence-corrected chi connectivity index (χ0v) is 6.30. The highest BCUT2D eigenvalue weighted by molar-refractivity contribution is 5.24. The van der Waals surface area contributed by atoms with E-state index in [1.807, 2.05) is 0 Å². The van der Waals surface area contributed by atoms with Crippen molar-refractivity contribution in [3.8, 4) is 0 Å². The SMILES string of the molecule is [CH2]Cc1c(F)c(F)c(F)c(F)c1F. The van der Waals surface area contributed by atoms with Gasteiger partial charge in [0, 0.05) is 5.56 Å². The summed E-state index contributed by atoms with van der Waals surface area (Å²) in [6.07, 6.45) is -0.494. The quantitative estimate of drug-likeness (QED) is 0.367. The average molecular weight is 195 g/mol. The molecule has 0 saturated heterocycles. The zero-order chi connectivity index (χ0) is 10.2. The van der Waals surface area contributed by atoms with Crippen molar-refractivity contribution in [2.75, 3.05) is 0 Å². The molecule has 0 heterocycles. The fraction of sp³-hybridized carbons (Fsp3) is 0.125. The molecule has 0 nitrogen and oxygen atoms in total. The Morgan fingerprint density at radius 3 is 1.31 bits per heavy atom. The van der Waals surface area contributed by atoms with Gasteiger partial charge in [0.2, 0.25) is 5.82 Å². The second-order valence-corrected chi connectivity index (χ2v) is 2.30. The van der Waals surface area contributed by atoms with Gasteiger partial charge in [-0.15, -0.1) is 0 Å². The van der Waals surface area contributed by atoms with Gasteiger partial charge in [0.05, 0.1) is 0 Å². The van der Waals surface area contributed by atoms with E-state index in [0.717, 1.165) is 0 Å². The van der Waals surface area contributed by atoms with Crippen LogP contribution in [-0.4, -0.2) is 0 Å². The third-order valence-electron chi connectivity index (χ3n) is 1.55. The highest BCUT2D eigenvalue weighted by Crippen LogP contribution is 2.22. The van der Waals surface area contributed by atoms with Crippen LogP contribution in [-0.2, 0) is 6.42 Å². The topological polar surface area (TPSA) is 0 Å². The van der Waals surface area contributed by atoms with E-state index in [1.165, 1.54) is 0 Å². The minimum absolute atomic E-state index is 0.494. The summed E-state index contributed by atoms with van der Waals surface area (Å²) in [7, 11) is 0. The molecule has 5 heteroatoms. The monoisotopic (exact) mass is 195 g/mol. The molecule has 1 rings (SSSR count). The predicted octanol–water partition coefficient (Wildman–Crippen LogP) is 2.76. The highest BCUT2D eigenvalue weighted by atomic mass is 19.2. The summed E-state index contributed by atoms with van der Waals surface area (Å²) in [6, 6.07) is 0. The largest absolute Gasteiger partial charge is 0.203 e. The molecule has 0 aromatic heterocycles. The first kappa shape index (κ1) is 9.95. The molecule has 1 aromatic carbocycles. The summed E-state index contributed by atoms with van der Waals surface area (Å²) in [5, 5.41) is 0. The van der Waals surface area contributed by atoms with Crippen LogP contribution in [0.2, 0.25) is 0 Å². The van der Waals surface area contributed by atoms with E-state index in [4.69, 9.17) is 0 Å². The molecule has 0 atom stereocenters. The van der Waals surface area contributed by atoms with Crippen LogP contribution in [0.5, 0.6) is 0 Å². The molecule has 1 radical (unpaired) electrons. The van der Waals surface area contributed by atoms with Crippen molar-refractivity contribution in [2.24, 2.45) is 0 Å². The Balaban J connectivity index is 3.56. The van der Waals surface area contributed by atoms with E-state index >= 15 is 0 Å². The van der Waals surface area contributed by atoms with Crippen molar-refractivity contribution in [3.63, 3.8) is 0 Å². The number of halogens is 5. The Hall–Kier alpha value is -1.13. The Kier molecular flexibility index (Phi) is 2.54. The van der Waals surface area contributed by atoms with Crippen LogP contribution < -0.4 is 0 Å². The first-order valence-electron chi connectivity index (χ1n) is 3.30. The molecule has 1 aromatic rings. The van der Waals surface area contributed by atoms with Crippen LogP contribution in [0.15, 0.2) is 0 Å². The summed E-state index contributed by atoms with van der Waals surface area (Å²) in [5.41, 5.74) is -0.892. The first-order chi connectivity index (χ1) is 6.00. The van der Waals surface area contributed by atoms with Crippen molar-refractivity contribution >= 4 is 0 Å². The summed E-state index contributed by atoms with van der Waals surface area (Å²) < 4.78 is 62.5. The molecule has 0 unspecified atom stereocenters. The van der Waals surface area contributed by atoms with Gasteiger partial charge in [0.1, 0.15) is 0 Å². The van der Waals surface area contributed by atoms with Crippen molar-refractivity contribution in [1.29, 1.82) is 0 Å². The Morgan fingerprint density at radius 2 is 1.00 bits per heavy atom. The first-order valence-corrected chi connectivity index (χ1v) is 3.30. The number of rotatable bonds is 1. The molecule has 0 aliphatic carbocycles. The summed E-state index contributed by atoms with van der Waals surface area (Å²) in [4.78, 5) is 0. The maximum Gasteiger partial charge on any atom is 0.200 e. The molecular formula is C8H4F5. The lowest BCUT2D eigenvalue weighted by Gasteiger charge is -2.04. The van der Waals surface area contributed by atoms with Crippen LogP contribution in [0.3, 0.4) is 0 Å². The highest BCUT2D eigenvalue weighted by Gasteiger charge is 2.24. The fourth-order valence-corrected chi connectivity index (χ4v) is 0.870. The Labute approximate surface area is 71.0 Å². The third-order valence-corrected chi connectivity index (χ3v) is 1.55. The van der Waals surface area contributed by atoms with Gasteiger partial charge in [-0.2, -0.15) is 0 Å². The summed E-state index contributed by atoms with van der Waals surface area (Å²) >= 11 is 0. The van der Waals surface area contributed by atoms with E-state index in [9.17, 15) is 22.0 Å². The predicted molar refractivity (Wildman–Crippen MR) is 35.3 cm³/mol. The smallest absolute Gasteiger partial charge is 0.200 e. The van der Waals surface area contributed by atoms with E-state index in [2.05, 4.69) is 6.92 Å². The second-order valence-electron chi connectivity index (χ2n) is 2.30. The molecule has 71 valence electrons. The lowest BCUT2D eigenvalue weighted by molar-refractivity contribution is 0.371. The molecule has 0 N–H and O–H groups in total. The van der Waals surface area contributed by atoms with Crippen LogP contribution in [0.25, 0.3) is 0 Å². The lowest BCUT2D eigenvalue weighted by atomic mass is 10.1. The maximum atomic E-state index is 12.6. The second kappa shape index (κ2) is 3.32. The summed E-state index contributed by atoms with van der Waals surface area (Å²) in [6.45, 7) is 3.05. The molecule has 13 heavy (non-hydrogen) atoms. The Morgan fingerprint density at radius 1 is 0.692 bits per heavy atom. The molecule has 0 bridgehead atoms. The van der Waals surface area contributed by atoms with Crippen LogP contribution in [0.4, 0.5) is 22.0 Å². The van der Waals surface area contributed by atoms with Crippen LogP contribution >= 0.6 is 0 Å².